The number of carbonyl (C=O) groups excluding carboxylic acids is 1. The summed E-state index contributed by atoms with van der Waals surface area (Å²) in [6.45, 7) is 8.99. The Morgan fingerprint density at radius 2 is 1.90 bits per heavy atom. The molecule has 8 heteroatoms. The first-order chi connectivity index (χ1) is 14.6. The lowest BCUT2D eigenvalue weighted by Gasteiger charge is -2.20. The van der Waals surface area contributed by atoms with Crippen molar-refractivity contribution in [2.45, 2.75) is 46.6 Å². The molecule has 0 amide bonds. The number of esters is 1. The van der Waals surface area contributed by atoms with Gasteiger partial charge in [-0.15, -0.1) is 0 Å². The van der Waals surface area contributed by atoms with Crippen molar-refractivity contribution in [2.24, 2.45) is 4.99 Å². The number of halogens is 2. The van der Waals surface area contributed by atoms with Crippen molar-refractivity contribution in [1.82, 2.24) is 9.78 Å². The Morgan fingerprint density at radius 1 is 1.26 bits per heavy atom. The number of nitrogens with zero attached hydrogens (tertiary/aromatic N) is 3. The van der Waals surface area contributed by atoms with E-state index >= 15 is 0 Å². The number of allylic oxidation sites excluding steroid dienone is 1. The third kappa shape index (κ3) is 5.94. The third-order valence-corrected chi connectivity index (χ3v) is 5.12. The summed E-state index contributed by atoms with van der Waals surface area (Å²) in [6.07, 6.45) is 1.65. The summed E-state index contributed by atoms with van der Waals surface area (Å²) in [5.41, 5.74) is 3.82. The van der Waals surface area contributed by atoms with E-state index in [1.807, 2.05) is 31.2 Å². The zero-order valence-corrected chi connectivity index (χ0v) is 19.6. The highest BCUT2D eigenvalue weighted by atomic mass is 35.5. The van der Waals surface area contributed by atoms with E-state index < -0.39 is 19.4 Å². The average Bonchev–Trinajstić information content (AvgIpc) is 3.03. The van der Waals surface area contributed by atoms with Crippen LogP contribution >= 0.6 is 11.6 Å². The smallest absolute Gasteiger partial charge is 0.340 e. The van der Waals surface area contributed by atoms with Crippen LogP contribution in [0.25, 0.3) is 11.3 Å². The Bertz CT molecular complexity index is 973. The molecule has 0 saturated carbocycles. The second-order valence-corrected chi connectivity index (χ2v) is 8.31. The van der Waals surface area contributed by atoms with E-state index in [4.69, 9.17) is 21.1 Å². The number of hydrogen-bond acceptors (Lipinski definition) is 5. The number of benzene rings is 1. The zero-order valence-electron chi connectivity index (χ0n) is 18.8. The average molecular weight is 450 g/mol. The quantitative estimate of drug-likeness (QED) is 0.240. The van der Waals surface area contributed by atoms with E-state index in [1.54, 1.807) is 24.9 Å². The number of alkyl halides is 1. The van der Waals surface area contributed by atoms with Crippen LogP contribution in [0, 0.1) is 6.92 Å². The Balaban J connectivity index is 2.67. The minimum absolute atomic E-state index is 0.00238. The fourth-order valence-electron chi connectivity index (χ4n) is 3.01. The van der Waals surface area contributed by atoms with Crippen LogP contribution in [0.2, 0.25) is 5.02 Å². The molecule has 2 rings (SSSR count). The van der Waals surface area contributed by atoms with Crippen LogP contribution in [0.3, 0.4) is 0 Å². The van der Waals surface area contributed by atoms with E-state index in [0.717, 1.165) is 5.56 Å². The molecule has 2 aromatic rings. The topological polar surface area (TPSA) is 65.7 Å². The van der Waals surface area contributed by atoms with Gasteiger partial charge in [0.05, 0.1) is 10.7 Å². The monoisotopic (exact) mass is 449 g/mol. The largest absolute Gasteiger partial charge is 0.454 e. The van der Waals surface area contributed by atoms with Gasteiger partial charge in [0, 0.05) is 25.4 Å². The van der Waals surface area contributed by atoms with Gasteiger partial charge in [-0.2, -0.15) is 5.10 Å². The van der Waals surface area contributed by atoms with Gasteiger partial charge >= 0.3 is 5.97 Å². The molecular formula is C23H29ClFN3O3. The number of aromatic nitrogens is 2. The lowest BCUT2D eigenvalue weighted by atomic mass is 9.86. The highest BCUT2D eigenvalue weighted by molar-refractivity contribution is 6.33. The van der Waals surface area contributed by atoms with Crippen LogP contribution in [0.15, 0.2) is 29.3 Å². The molecule has 31 heavy (non-hydrogen) atoms. The molecule has 0 N–H and O–H groups in total. The van der Waals surface area contributed by atoms with E-state index in [-0.39, 0.29) is 5.41 Å². The molecule has 0 fully saturated rings. The van der Waals surface area contributed by atoms with Gasteiger partial charge in [-0.3, -0.25) is 9.67 Å². The van der Waals surface area contributed by atoms with Crippen LogP contribution in [0.4, 0.5) is 4.39 Å². The molecule has 1 aromatic carbocycles. The lowest BCUT2D eigenvalue weighted by Crippen LogP contribution is -2.13. The standard InChI is InChI=1S/C23H29ClFN3O3/c1-7-28-21(20(24)15(2)27-28)22(31-14-30-19(29)12-25)18(13-26-6)16-8-10-17(11-9-16)23(3,4)5/h8-11,13H,7,12,14H2,1-6H3/b22-18-,26-13?. The normalized spacial score (nSPS) is 12.8. The predicted molar refractivity (Wildman–Crippen MR) is 122 cm³/mol. The summed E-state index contributed by atoms with van der Waals surface area (Å²) in [4.78, 5) is 15.4. The first-order valence-electron chi connectivity index (χ1n) is 9.99. The number of aliphatic imine (C=N–C) groups is 1. The number of carbonyl (C=O) groups is 1. The maximum Gasteiger partial charge on any atom is 0.340 e. The van der Waals surface area contributed by atoms with Gasteiger partial charge in [-0.25, -0.2) is 9.18 Å². The minimum Gasteiger partial charge on any atom is -0.454 e. The van der Waals surface area contributed by atoms with Gasteiger partial charge in [-0.1, -0.05) is 56.6 Å². The Hall–Kier alpha value is -2.67. The van der Waals surface area contributed by atoms with Gasteiger partial charge in [-0.05, 0) is 30.4 Å². The second-order valence-electron chi connectivity index (χ2n) is 7.93. The second kappa shape index (κ2) is 10.6. The number of aryl methyl sites for hydroxylation is 2. The molecule has 1 heterocycles. The van der Waals surface area contributed by atoms with E-state index in [0.29, 0.717) is 34.3 Å². The molecule has 0 aliphatic carbocycles. The molecular weight excluding hydrogens is 421 g/mol. The van der Waals surface area contributed by atoms with Crippen molar-refractivity contribution in [2.75, 3.05) is 20.5 Å². The highest BCUT2D eigenvalue weighted by Crippen LogP contribution is 2.34. The van der Waals surface area contributed by atoms with Crippen LogP contribution in [0.5, 0.6) is 0 Å². The maximum absolute atomic E-state index is 12.5. The molecule has 0 radical (unpaired) electrons. The van der Waals surface area contributed by atoms with Crippen molar-refractivity contribution >= 4 is 35.1 Å². The Morgan fingerprint density at radius 3 is 2.42 bits per heavy atom. The van der Waals surface area contributed by atoms with Gasteiger partial charge < -0.3 is 9.47 Å². The fraction of sp³-hybridized carbons (Fsp3) is 0.435. The SMILES string of the molecule is CCn1nc(C)c(Cl)c1/C(OCOC(=O)CF)=C(\C=NC)c1ccc(C(C)(C)C)cc1. The van der Waals surface area contributed by atoms with Gasteiger partial charge in [0.1, 0.15) is 5.69 Å². The van der Waals surface area contributed by atoms with Crippen LogP contribution in [0.1, 0.15) is 50.2 Å². The molecule has 0 unspecified atom stereocenters. The van der Waals surface area contributed by atoms with Crippen molar-refractivity contribution in [3.63, 3.8) is 0 Å². The number of hydrogen-bond donors (Lipinski definition) is 0. The van der Waals surface area contributed by atoms with Crippen LogP contribution < -0.4 is 0 Å². The van der Waals surface area contributed by atoms with Gasteiger partial charge in [0.2, 0.25) is 6.79 Å². The molecule has 0 aliphatic rings. The first-order valence-corrected chi connectivity index (χ1v) is 10.4. The molecule has 0 bridgehead atoms. The summed E-state index contributed by atoms with van der Waals surface area (Å²) in [7, 11) is 1.65. The van der Waals surface area contributed by atoms with Crippen molar-refractivity contribution < 1.29 is 18.7 Å². The Labute approximate surface area is 187 Å². The molecule has 168 valence electrons. The summed E-state index contributed by atoms with van der Waals surface area (Å²) in [6, 6.07) is 8.04. The van der Waals surface area contributed by atoms with Crippen LogP contribution in [-0.4, -0.2) is 42.5 Å². The van der Waals surface area contributed by atoms with Crippen molar-refractivity contribution in [3.8, 4) is 0 Å². The predicted octanol–water partition coefficient (Wildman–Crippen LogP) is 5.22. The fourth-order valence-corrected chi connectivity index (χ4v) is 3.24. The van der Waals surface area contributed by atoms with Crippen molar-refractivity contribution in [1.29, 1.82) is 0 Å². The molecule has 6 nitrogen and oxygen atoms in total. The summed E-state index contributed by atoms with van der Waals surface area (Å²) in [5, 5.41) is 4.87. The third-order valence-electron chi connectivity index (χ3n) is 4.67. The van der Waals surface area contributed by atoms with Gasteiger partial charge in [0.15, 0.2) is 12.4 Å². The van der Waals surface area contributed by atoms with Crippen LogP contribution in [-0.2, 0) is 26.2 Å². The molecule has 0 aliphatic heterocycles. The maximum atomic E-state index is 12.5. The minimum atomic E-state index is -1.23. The zero-order chi connectivity index (χ0) is 23.2. The lowest BCUT2D eigenvalue weighted by molar-refractivity contribution is -0.152. The number of ether oxygens (including phenoxy) is 2. The number of rotatable bonds is 8. The highest BCUT2D eigenvalue weighted by Gasteiger charge is 2.23. The Kier molecular flexibility index (Phi) is 8.39. The summed E-state index contributed by atoms with van der Waals surface area (Å²) in [5.74, 6) is -0.668. The summed E-state index contributed by atoms with van der Waals surface area (Å²) >= 11 is 6.56. The van der Waals surface area contributed by atoms with E-state index in [2.05, 4.69) is 30.9 Å². The first kappa shape index (κ1) is 24.6. The van der Waals surface area contributed by atoms with Crippen molar-refractivity contribution in [3.05, 3.63) is 51.8 Å². The molecule has 1 aromatic heterocycles. The van der Waals surface area contributed by atoms with E-state index in [1.165, 1.54) is 5.56 Å². The summed E-state index contributed by atoms with van der Waals surface area (Å²) < 4.78 is 24.8. The van der Waals surface area contributed by atoms with E-state index in [9.17, 15) is 9.18 Å². The van der Waals surface area contributed by atoms with Gasteiger partial charge in [0.25, 0.3) is 0 Å². The molecule has 0 spiro atoms. The molecule has 0 atom stereocenters. The molecule has 0 saturated heterocycles.